The zero-order valence-corrected chi connectivity index (χ0v) is 8.94. The Morgan fingerprint density at radius 3 is 2.93 bits per heavy atom. The van der Waals surface area contributed by atoms with Gasteiger partial charge in [0.2, 0.25) is 0 Å². The summed E-state index contributed by atoms with van der Waals surface area (Å²) in [5, 5.41) is 7.97. The standard InChI is InChI=1S/C11H14N4/c1-3-11-14-13-7-15(11)10-6-9(12)5-4-8(10)2/h4-7H,3,12H2,1-2H3. The van der Waals surface area contributed by atoms with E-state index in [2.05, 4.69) is 17.1 Å². The Labute approximate surface area is 88.8 Å². The highest BCUT2D eigenvalue weighted by Gasteiger charge is 2.06. The van der Waals surface area contributed by atoms with E-state index in [1.165, 1.54) is 5.56 Å². The number of anilines is 1. The molecule has 1 aromatic heterocycles. The van der Waals surface area contributed by atoms with Gasteiger partial charge in [-0.3, -0.25) is 4.57 Å². The van der Waals surface area contributed by atoms with Crippen LogP contribution in [0.1, 0.15) is 18.3 Å². The summed E-state index contributed by atoms with van der Waals surface area (Å²) in [4.78, 5) is 0. The highest BCUT2D eigenvalue weighted by Crippen LogP contribution is 2.18. The molecule has 0 unspecified atom stereocenters. The molecule has 2 aromatic rings. The molecule has 0 aliphatic carbocycles. The number of aryl methyl sites for hydroxylation is 2. The first kappa shape index (κ1) is 9.71. The number of rotatable bonds is 2. The van der Waals surface area contributed by atoms with Crippen LogP contribution in [0.2, 0.25) is 0 Å². The maximum absolute atomic E-state index is 5.77. The van der Waals surface area contributed by atoms with Crippen LogP contribution in [0.3, 0.4) is 0 Å². The molecular formula is C11H14N4. The van der Waals surface area contributed by atoms with Gasteiger partial charge in [-0.2, -0.15) is 0 Å². The minimum atomic E-state index is 0.756. The summed E-state index contributed by atoms with van der Waals surface area (Å²) in [7, 11) is 0. The zero-order valence-electron chi connectivity index (χ0n) is 8.94. The summed E-state index contributed by atoms with van der Waals surface area (Å²) in [6.07, 6.45) is 2.58. The van der Waals surface area contributed by atoms with Crippen LogP contribution >= 0.6 is 0 Å². The van der Waals surface area contributed by atoms with Gasteiger partial charge >= 0.3 is 0 Å². The maximum atomic E-state index is 5.77. The fraction of sp³-hybridized carbons (Fsp3) is 0.273. The molecule has 0 atom stereocenters. The van der Waals surface area contributed by atoms with Crippen LogP contribution < -0.4 is 5.73 Å². The van der Waals surface area contributed by atoms with Crippen molar-refractivity contribution in [2.75, 3.05) is 5.73 Å². The van der Waals surface area contributed by atoms with Crippen molar-refractivity contribution in [3.63, 3.8) is 0 Å². The third-order valence-corrected chi connectivity index (χ3v) is 2.43. The molecule has 78 valence electrons. The molecule has 2 rings (SSSR count). The monoisotopic (exact) mass is 202 g/mol. The van der Waals surface area contributed by atoms with Crippen molar-refractivity contribution >= 4 is 5.69 Å². The molecule has 0 spiro atoms. The summed E-state index contributed by atoms with van der Waals surface area (Å²) < 4.78 is 1.98. The van der Waals surface area contributed by atoms with Gasteiger partial charge in [0.15, 0.2) is 0 Å². The zero-order chi connectivity index (χ0) is 10.8. The minimum absolute atomic E-state index is 0.756. The Hall–Kier alpha value is -1.84. The van der Waals surface area contributed by atoms with E-state index in [1.807, 2.05) is 29.7 Å². The van der Waals surface area contributed by atoms with Crippen molar-refractivity contribution in [3.05, 3.63) is 35.9 Å². The number of aromatic nitrogens is 3. The summed E-state index contributed by atoms with van der Waals surface area (Å²) >= 11 is 0. The third kappa shape index (κ3) is 1.70. The maximum Gasteiger partial charge on any atom is 0.137 e. The number of nitrogen functional groups attached to an aromatic ring is 1. The van der Waals surface area contributed by atoms with Crippen molar-refractivity contribution in [1.82, 2.24) is 14.8 Å². The quantitative estimate of drug-likeness (QED) is 0.754. The van der Waals surface area contributed by atoms with Crippen molar-refractivity contribution in [2.24, 2.45) is 0 Å². The average Bonchev–Trinajstić information content (AvgIpc) is 2.69. The lowest BCUT2D eigenvalue weighted by molar-refractivity contribution is 0.879. The predicted molar refractivity (Wildman–Crippen MR) is 59.9 cm³/mol. The van der Waals surface area contributed by atoms with Crippen LogP contribution in [-0.2, 0) is 6.42 Å². The van der Waals surface area contributed by atoms with Gasteiger partial charge in [0.1, 0.15) is 12.2 Å². The average molecular weight is 202 g/mol. The molecule has 0 amide bonds. The summed E-state index contributed by atoms with van der Waals surface area (Å²) in [5.74, 6) is 0.948. The van der Waals surface area contributed by atoms with Crippen LogP contribution in [0, 0.1) is 6.92 Å². The van der Waals surface area contributed by atoms with Crippen LogP contribution in [-0.4, -0.2) is 14.8 Å². The van der Waals surface area contributed by atoms with Crippen LogP contribution in [0.4, 0.5) is 5.69 Å². The number of nitrogens with two attached hydrogens (primary N) is 1. The summed E-state index contributed by atoms with van der Waals surface area (Å²) in [6, 6.07) is 5.84. The molecule has 4 nitrogen and oxygen atoms in total. The number of hydrogen-bond acceptors (Lipinski definition) is 3. The minimum Gasteiger partial charge on any atom is -0.399 e. The Balaban J connectivity index is 2.58. The van der Waals surface area contributed by atoms with E-state index in [4.69, 9.17) is 5.73 Å². The number of nitrogens with zero attached hydrogens (tertiary/aromatic N) is 3. The van der Waals surface area contributed by atoms with Crippen molar-refractivity contribution in [1.29, 1.82) is 0 Å². The molecule has 0 aliphatic rings. The van der Waals surface area contributed by atoms with Crippen LogP contribution in [0.15, 0.2) is 24.5 Å². The van der Waals surface area contributed by atoms with E-state index < -0.39 is 0 Å². The van der Waals surface area contributed by atoms with Gasteiger partial charge < -0.3 is 5.73 Å². The van der Waals surface area contributed by atoms with Gasteiger partial charge in [-0.1, -0.05) is 13.0 Å². The normalized spacial score (nSPS) is 10.5. The first-order valence-corrected chi connectivity index (χ1v) is 4.97. The van der Waals surface area contributed by atoms with Crippen molar-refractivity contribution in [3.8, 4) is 5.69 Å². The van der Waals surface area contributed by atoms with Crippen LogP contribution in [0.5, 0.6) is 0 Å². The third-order valence-electron chi connectivity index (χ3n) is 2.43. The molecule has 1 heterocycles. The summed E-state index contributed by atoms with van der Waals surface area (Å²) in [6.45, 7) is 4.11. The molecule has 0 bridgehead atoms. The lowest BCUT2D eigenvalue weighted by atomic mass is 10.2. The largest absolute Gasteiger partial charge is 0.399 e. The fourth-order valence-corrected chi connectivity index (χ4v) is 1.59. The molecule has 1 aromatic carbocycles. The first-order valence-electron chi connectivity index (χ1n) is 4.97. The molecule has 0 fully saturated rings. The highest BCUT2D eigenvalue weighted by molar-refractivity contribution is 5.52. The van der Waals surface area contributed by atoms with Crippen LogP contribution in [0.25, 0.3) is 5.69 Å². The highest BCUT2D eigenvalue weighted by atomic mass is 15.3. The van der Waals surface area contributed by atoms with Gasteiger partial charge in [0, 0.05) is 12.1 Å². The van der Waals surface area contributed by atoms with Crippen molar-refractivity contribution in [2.45, 2.75) is 20.3 Å². The predicted octanol–water partition coefficient (Wildman–Crippen LogP) is 1.72. The van der Waals surface area contributed by atoms with E-state index in [-0.39, 0.29) is 0 Å². The van der Waals surface area contributed by atoms with Crippen molar-refractivity contribution < 1.29 is 0 Å². The number of benzene rings is 1. The summed E-state index contributed by atoms with van der Waals surface area (Å²) in [5.41, 5.74) is 8.74. The van der Waals surface area contributed by atoms with Gasteiger partial charge in [-0.25, -0.2) is 0 Å². The Bertz CT molecular complexity index is 473. The SMILES string of the molecule is CCc1nncn1-c1cc(N)ccc1C. The molecule has 0 radical (unpaired) electrons. The first-order chi connectivity index (χ1) is 7.22. The van der Waals surface area contributed by atoms with E-state index in [0.717, 1.165) is 23.6 Å². The molecule has 2 N–H and O–H groups in total. The molecule has 15 heavy (non-hydrogen) atoms. The second-order valence-electron chi connectivity index (χ2n) is 3.52. The second-order valence-corrected chi connectivity index (χ2v) is 3.52. The molecule has 0 saturated carbocycles. The lowest BCUT2D eigenvalue weighted by Crippen LogP contribution is -2.02. The van der Waals surface area contributed by atoms with E-state index in [9.17, 15) is 0 Å². The molecule has 0 saturated heterocycles. The van der Waals surface area contributed by atoms with Gasteiger partial charge in [0.05, 0.1) is 5.69 Å². The van der Waals surface area contributed by atoms with E-state index >= 15 is 0 Å². The fourth-order valence-electron chi connectivity index (χ4n) is 1.59. The molecular weight excluding hydrogens is 188 g/mol. The Kier molecular flexibility index (Phi) is 2.41. The second kappa shape index (κ2) is 3.73. The van der Waals surface area contributed by atoms with Gasteiger partial charge in [0.25, 0.3) is 0 Å². The Morgan fingerprint density at radius 2 is 2.20 bits per heavy atom. The smallest absolute Gasteiger partial charge is 0.137 e. The van der Waals surface area contributed by atoms with Gasteiger partial charge in [-0.05, 0) is 24.6 Å². The Morgan fingerprint density at radius 1 is 1.40 bits per heavy atom. The molecule has 0 aliphatic heterocycles. The lowest BCUT2D eigenvalue weighted by Gasteiger charge is -2.09. The van der Waals surface area contributed by atoms with E-state index in [0.29, 0.717) is 0 Å². The van der Waals surface area contributed by atoms with Gasteiger partial charge in [-0.15, -0.1) is 10.2 Å². The topological polar surface area (TPSA) is 56.7 Å². The van der Waals surface area contributed by atoms with E-state index in [1.54, 1.807) is 6.33 Å². The molecule has 4 heteroatoms. The number of hydrogen-bond donors (Lipinski definition) is 1.